The van der Waals surface area contributed by atoms with E-state index in [1.54, 1.807) is 0 Å². The average Bonchev–Trinajstić information content (AvgIpc) is 3.69. The van der Waals surface area contributed by atoms with Gasteiger partial charge in [-0.2, -0.15) is 9.97 Å². The zero-order valence-corrected chi connectivity index (χ0v) is 33.2. The smallest absolute Gasteiger partial charge is 0.238 e. The molecule has 0 fully saturated rings. The molecule has 0 radical (unpaired) electrons. The van der Waals surface area contributed by atoms with Crippen LogP contribution in [0.15, 0.2) is 231 Å². The molecule has 0 amide bonds. The van der Waals surface area contributed by atoms with Crippen LogP contribution in [0.25, 0.3) is 106 Å². The quantitative estimate of drug-likeness (QED) is 0.154. The highest BCUT2D eigenvalue weighted by Gasteiger charge is 2.22. The lowest BCUT2D eigenvalue weighted by atomic mass is 9.88. The first-order valence-electron chi connectivity index (χ1n) is 20.6. The highest BCUT2D eigenvalue weighted by molar-refractivity contribution is 6.17. The Labute approximate surface area is 354 Å². The van der Waals surface area contributed by atoms with Crippen LogP contribution in [0, 0.1) is 0 Å². The van der Waals surface area contributed by atoms with Gasteiger partial charge in [-0.1, -0.05) is 200 Å². The number of para-hydroxylation sites is 1. The van der Waals surface area contributed by atoms with E-state index >= 15 is 0 Å². The molecular formula is C57H38N4. The van der Waals surface area contributed by atoms with Crippen molar-refractivity contribution in [1.29, 1.82) is 0 Å². The van der Waals surface area contributed by atoms with Gasteiger partial charge in [0.15, 0.2) is 11.6 Å². The number of aromatic nitrogens is 4. The Bertz CT molecular complexity index is 3320. The van der Waals surface area contributed by atoms with E-state index in [9.17, 15) is 0 Å². The normalized spacial score (nSPS) is 11.3. The molecule has 0 atom stereocenters. The molecule has 4 nitrogen and oxygen atoms in total. The monoisotopic (exact) mass is 778 g/mol. The Hall–Kier alpha value is -8.21. The highest BCUT2D eigenvalue weighted by atomic mass is 15.2. The van der Waals surface area contributed by atoms with Crippen molar-refractivity contribution >= 4 is 21.8 Å². The van der Waals surface area contributed by atoms with Crippen LogP contribution in [0.4, 0.5) is 0 Å². The van der Waals surface area contributed by atoms with Gasteiger partial charge >= 0.3 is 0 Å². The van der Waals surface area contributed by atoms with Gasteiger partial charge < -0.3 is 0 Å². The molecule has 2 heterocycles. The highest BCUT2D eigenvalue weighted by Crippen LogP contribution is 2.44. The van der Waals surface area contributed by atoms with Crippen LogP contribution in [0.3, 0.4) is 0 Å². The minimum Gasteiger partial charge on any atom is -0.278 e. The first-order valence-corrected chi connectivity index (χ1v) is 20.6. The largest absolute Gasteiger partial charge is 0.278 e. The fraction of sp³-hybridized carbons (Fsp3) is 0. The van der Waals surface area contributed by atoms with E-state index in [1.807, 2.05) is 24.3 Å². The van der Waals surface area contributed by atoms with Gasteiger partial charge in [0.2, 0.25) is 5.95 Å². The van der Waals surface area contributed by atoms with E-state index in [4.69, 9.17) is 15.0 Å². The number of rotatable bonds is 8. The maximum atomic E-state index is 5.37. The molecule has 0 saturated heterocycles. The van der Waals surface area contributed by atoms with Gasteiger partial charge in [-0.3, -0.25) is 4.57 Å². The summed E-state index contributed by atoms with van der Waals surface area (Å²) < 4.78 is 2.24. The summed E-state index contributed by atoms with van der Waals surface area (Å²) in [5.41, 5.74) is 15.3. The van der Waals surface area contributed by atoms with Crippen molar-refractivity contribution in [2.75, 3.05) is 0 Å². The lowest BCUT2D eigenvalue weighted by Gasteiger charge is -2.16. The first-order chi connectivity index (χ1) is 30.2. The molecule has 4 heteroatoms. The molecular weight excluding hydrogens is 741 g/mol. The van der Waals surface area contributed by atoms with Crippen molar-refractivity contribution in [2.24, 2.45) is 0 Å². The molecule has 0 aliphatic carbocycles. The van der Waals surface area contributed by atoms with Crippen molar-refractivity contribution in [3.8, 4) is 84.4 Å². The Morgan fingerprint density at radius 2 is 0.738 bits per heavy atom. The number of hydrogen-bond donors (Lipinski definition) is 0. The molecule has 9 aromatic carbocycles. The zero-order chi connectivity index (χ0) is 40.5. The fourth-order valence-electron chi connectivity index (χ4n) is 8.55. The van der Waals surface area contributed by atoms with E-state index < -0.39 is 0 Å². The average molecular weight is 779 g/mol. The Morgan fingerprint density at radius 1 is 0.262 bits per heavy atom. The summed E-state index contributed by atoms with van der Waals surface area (Å²) >= 11 is 0. The Morgan fingerprint density at radius 3 is 1.38 bits per heavy atom. The van der Waals surface area contributed by atoms with Crippen LogP contribution >= 0.6 is 0 Å². The third kappa shape index (κ3) is 6.76. The molecule has 0 saturated carbocycles. The summed E-state index contributed by atoms with van der Waals surface area (Å²) in [5, 5.41) is 2.26. The standard InChI is InChI=1S/C57H38N4/c1-6-19-39(20-7-1)44-29-18-30-46(35-44)56-58-55(43-27-14-5-15-28-43)59-57(60-56)61-52-32-17-16-31-49(52)54-51(42-25-12-4-13-26-42)37-47(38-53(54)61)50-36-45(40-21-8-2-9-22-40)33-34-48(50)41-23-10-3-11-24-41/h1-38H. The molecule has 0 aliphatic rings. The molecule has 11 aromatic rings. The molecule has 11 rings (SSSR count). The maximum absolute atomic E-state index is 5.37. The third-order valence-electron chi connectivity index (χ3n) is 11.5. The minimum atomic E-state index is 0.553. The zero-order valence-electron chi connectivity index (χ0n) is 33.2. The molecule has 0 bridgehead atoms. The number of fused-ring (bicyclic) bond motifs is 3. The van der Waals surface area contributed by atoms with Crippen molar-refractivity contribution in [1.82, 2.24) is 19.5 Å². The van der Waals surface area contributed by atoms with E-state index in [0.717, 1.165) is 83.0 Å². The van der Waals surface area contributed by atoms with Gasteiger partial charge in [0.1, 0.15) is 0 Å². The first kappa shape index (κ1) is 35.9. The van der Waals surface area contributed by atoms with Gasteiger partial charge in [0.25, 0.3) is 0 Å². The van der Waals surface area contributed by atoms with Gasteiger partial charge in [0, 0.05) is 21.9 Å². The molecule has 0 aliphatic heterocycles. The van der Waals surface area contributed by atoms with Gasteiger partial charge in [0.05, 0.1) is 11.0 Å². The van der Waals surface area contributed by atoms with Crippen LogP contribution < -0.4 is 0 Å². The van der Waals surface area contributed by atoms with Crippen molar-refractivity contribution in [2.45, 2.75) is 0 Å². The SMILES string of the molecule is c1ccc(-c2cccc(-c3nc(-c4ccccc4)nc(-n4c5ccccc5c5c(-c6ccccc6)cc(-c6cc(-c7ccccc7)ccc6-c6ccccc6)cc54)n3)c2)cc1. The third-order valence-corrected chi connectivity index (χ3v) is 11.5. The molecule has 286 valence electrons. The van der Waals surface area contributed by atoms with E-state index in [0.29, 0.717) is 17.6 Å². The molecule has 0 spiro atoms. The second-order valence-corrected chi connectivity index (χ2v) is 15.2. The second-order valence-electron chi connectivity index (χ2n) is 15.2. The maximum Gasteiger partial charge on any atom is 0.238 e. The van der Waals surface area contributed by atoms with Crippen LogP contribution in [-0.4, -0.2) is 19.5 Å². The van der Waals surface area contributed by atoms with Crippen LogP contribution in [0.2, 0.25) is 0 Å². The van der Waals surface area contributed by atoms with Crippen LogP contribution in [-0.2, 0) is 0 Å². The number of benzene rings is 9. The van der Waals surface area contributed by atoms with Crippen molar-refractivity contribution in [3.63, 3.8) is 0 Å². The van der Waals surface area contributed by atoms with Crippen molar-refractivity contribution in [3.05, 3.63) is 231 Å². The number of hydrogen-bond acceptors (Lipinski definition) is 3. The van der Waals surface area contributed by atoms with Crippen LogP contribution in [0.1, 0.15) is 0 Å². The summed E-state index contributed by atoms with van der Waals surface area (Å²) in [4.78, 5) is 15.8. The minimum absolute atomic E-state index is 0.553. The summed E-state index contributed by atoms with van der Waals surface area (Å²) in [6, 6.07) is 81.3. The number of nitrogens with zero attached hydrogens (tertiary/aromatic N) is 4. The van der Waals surface area contributed by atoms with E-state index in [-0.39, 0.29) is 0 Å². The second kappa shape index (κ2) is 15.5. The lowest BCUT2D eigenvalue weighted by molar-refractivity contribution is 0.953. The lowest BCUT2D eigenvalue weighted by Crippen LogP contribution is -2.06. The van der Waals surface area contributed by atoms with Crippen LogP contribution in [0.5, 0.6) is 0 Å². The summed E-state index contributed by atoms with van der Waals surface area (Å²) in [6.45, 7) is 0. The Balaban J connectivity index is 1.22. The molecule has 61 heavy (non-hydrogen) atoms. The van der Waals surface area contributed by atoms with E-state index in [2.05, 4.69) is 211 Å². The van der Waals surface area contributed by atoms with Gasteiger partial charge in [-0.05, 0) is 86.0 Å². The fourth-order valence-corrected chi connectivity index (χ4v) is 8.55. The molecule has 2 aromatic heterocycles. The van der Waals surface area contributed by atoms with Crippen molar-refractivity contribution < 1.29 is 0 Å². The predicted molar refractivity (Wildman–Crippen MR) is 252 cm³/mol. The Kier molecular flexibility index (Phi) is 9.14. The summed E-state index contributed by atoms with van der Waals surface area (Å²) in [6.07, 6.45) is 0. The van der Waals surface area contributed by atoms with Gasteiger partial charge in [-0.25, -0.2) is 4.98 Å². The summed E-state index contributed by atoms with van der Waals surface area (Å²) in [5.74, 6) is 1.77. The van der Waals surface area contributed by atoms with E-state index in [1.165, 1.54) is 5.56 Å². The molecule has 0 unspecified atom stereocenters. The summed E-state index contributed by atoms with van der Waals surface area (Å²) in [7, 11) is 0. The van der Waals surface area contributed by atoms with Gasteiger partial charge in [-0.15, -0.1) is 0 Å². The topological polar surface area (TPSA) is 43.6 Å². The predicted octanol–water partition coefficient (Wildman–Crippen LogP) is 14.6. The molecule has 0 N–H and O–H groups in total.